The van der Waals surface area contributed by atoms with Crippen LogP contribution in [-0.4, -0.2) is 34.6 Å². The maximum atomic E-state index is 12.8. The molecule has 4 rings (SSSR count). The minimum absolute atomic E-state index is 0.162. The number of benzene rings is 2. The molecule has 0 unspecified atom stereocenters. The first-order chi connectivity index (χ1) is 14.5. The molecule has 1 aromatic heterocycles. The highest BCUT2D eigenvalue weighted by Gasteiger charge is 2.21. The van der Waals surface area contributed by atoms with Crippen LogP contribution in [0.5, 0.6) is 0 Å². The van der Waals surface area contributed by atoms with Crippen LogP contribution in [0.1, 0.15) is 10.4 Å². The number of carbonyl (C=O) groups is 2. The van der Waals surface area contributed by atoms with E-state index in [-0.39, 0.29) is 22.3 Å². The Hall–Kier alpha value is -3.72. The zero-order valence-electron chi connectivity index (χ0n) is 16.0. The first kappa shape index (κ1) is 19.6. The summed E-state index contributed by atoms with van der Waals surface area (Å²) in [7, 11) is 0. The molecular weight excluding hydrogens is 402 g/mol. The number of hydrogen-bond acceptors (Lipinski definition) is 4. The van der Waals surface area contributed by atoms with E-state index in [0.29, 0.717) is 47.5 Å². The average molecular weight is 421 g/mol. The first-order valence-electron chi connectivity index (χ1n) is 9.32. The Morgan fingerprint density at radius 2 is 2.07 bits per heavy atom. The predicted octanol–water partition coefficient (Wildman–Crippen LogP) is 3.03. The van der Waals surface area contributed by atoms with Gasteiger partial charge in [-0.3, -0.25) is 19.1 Å². The van der Waals surface area contributed by atoms with Gasteiger partial charge in [0.2, 0.25) is 0 Å². The van der Waals surface area contributed by atoms with Gasteiger partial charge in [0.05, 0.1) is 10.9 Å². The van der Waals surface area contributed by atoms with Gasteiger partial charge in [0.1, 0.15) is 0 Å². The maximum Gasteiger partial charge on any atom is 0.321 e. The van der Waals surface area contributed by atoms with Crippen LogP contribution in [0.15, 0.2) is 59.9 Å². The highest BCUT2D eigenvalue weighted by atomic mass is 32.1. The quantitative estimate of drug-likeness (QED) is 0.436. The zero-order valence-corrected chi connectivity index (χ0v) is 16.8. The van der Waals surface area contributed by atoms with Crippen molar-refractivity contribution in [1.82, 2.24) is 14.9 Å². The molecule has 152 valence electrons. The van der Waals surface area contributed by atoms with Gasteiger partial charge in [-0.05, 0) is 48.6 Å². The van der Waals surface area contributed by atoms with Crippen LogP contribution >= 0.6 is 12.2 Å². The van der Waals surface area contributed by atoms with Crippen LogP contribution in [0.2, 0.25) is 0 Å². The third kappa shape index (κ3) is 3.62. The number of H-pyrrole nitrogens is 1. The summed E-state index contributed by atoms with van der Waals surface area (Å²) in [5, 5.41) is 6.01. The standard InChI is InChI=1S/C21H19N5O3S/c1-2-9-26-19(28)16-7-6-13(11-17(16)24-21(26)30)18(27)23-14-4-3-5-15(12-14)25-10-8-22-20(25)29/h2-7,11-12H,1,8-10H2,(H,22,29)(H,23,27)(H,24,30). The monoisotopic (exact) mass is 421 g/mol. The molecule has 3 N–H and O–H groups in total. The lowest BCUT2D eigenvalue weighted by molar-refractivity contribution is 0.102. The number of carbonyl (C=O) groups excluding carboxylic acids is 2. The van der Waals surface area contributed by atoms with Crippen molar-refractivity contribution in [2.45, 2.75) is 6.54 Å². The van der Waals surface area contributed by atoms with E-state index in [1.165, 1.54) is 4.57 Å². The first-order valence-corrected chi connectivity index (χ1v) is 9.73. The summed E-state index contributed by atoms with van der Waals surface area (Å²) in [5.41, 5.74) is 1.88. The van der Waals surface area contributed by atoms with Gasteiger partial charge in [-0.25, -0.2) is 4.79 Å². The summed E-state index contributed by atoms with van der Waals surface area (Å²) in [6, 6.07) is 11.7. The summed E-state index contributed by atoms with van der Waals surface area (Å²) in [6.45, 7) is 5.09. The van der Waals surface area contributed by atoms with Crippen LogP contribution in [0, 0.1) is 4.77 Å². The van der Waals surface area contributed by atoms with Crippen LogP contribution < -0.4 is 21.1 Å². The number of allylic oxidation sites excluding steroid dienone is 1. The van der Waals surface area contributed by atoms with Crippen molar-refractivity contribution in [2.75, 3.05) is 23.3 Å². The summed E-state index contributed by atoms with van der Waals surface area (Å²) < 4.78 is 1.67. The topological polar surface area (TPSA) is 99.2 Å². The number of fused-ring (bicyclic) bond motifs is 1. The van der Waals surface area contributed by atoms with Crippen molar-refractivity contribution in [3.63, 3.8) is 0 Å². The lowest BCUT2D eigenvalue weighted by atomic mass is 10.1. The number of aromatic nitrogens is 2. The molecule has 3 amide bonds. The van der Waals surface area contributed by atoms with Crippen molar-refractivity contribution >= 4 is 46.4 Å². The number of amides is 3. The highest BCUT2D eigenvalue weighted by molar-refractivity contribution is 7.71. The van der Waals surface area contributed by atoms with Crippen LogP contribution in [-0.2, 0) is 6.54 Å². The summed E-state index contributed by atoms with van der Waals surface area (Å²) in [4.78, 5) is 41.8. The number of hydrogen-bond donors (Lipinski definition) is 3. The van der Waals surface area contributed by atoms with Gasteiger partial charge in [-0.15, -0.1) is 6.58 Å². The summed E-state index contributed by atoms with van der Waals surface area (Å²) in [5.74, 6) is -0.338. The van der Waals surface area contributed by atoms with E-state index in [1.54, 1.807) is 47.4 Å². The lowest BCUT2D eigenvalue weighted by Gasteiger charge is -2.15. The Bertz CT molecular complexity index is 1290. The molecule has 8 nitrogen and oxygen atoms in total. The van der Waals surface area contributed by atoms with Crippen molar-refractivity contribution < 1.29 is 9.59 Å². The highest BCUT2D eigenvalue weighted by Crippen LogP contribution is 2.22. The Morgan fingerprint density at radius 3 is 2.80 bits per heavy atom. The van der Waals surface area contributed by atoms with Crippen LogP contribution in [0.25, 0.3) is 10.9 Å². The molecule has 3 aromatic rings. The van der Waals surface area contributed by atoms with Crippen molar-refractivity contribution in [2.24, 2.45) is 0 Å². The summed E-state index contributed by atoms with van der Waals surface area (Å²) >= 11 is 5.24. The normalized spacial score (nSPS) is 13.3. The molecule has 0 atom stereocenters. The van der Waals surface area contributed by atoms with Gasteiger partial charge in [0, 0.05) is 36.6 Å². The maximum absolute atomic E-state index is 12.8. The van der Waals surface area contributed by atoms with Crippen LogP contribution in [0.4, 0.5) is 16.2 Å². The predicted molar refractivity (Wildman–Crippen MR) is 119 cm³/mol. The molecule has 0 bridgehead atoms. The lowest BCUT2D eigenvalue weighted by Crippen LogP contribution is -2.27. The SMILES string of the molecule is C=CCn1c(=S)[nH]c2cc(C(=O)Nc3cccc(N4CCNC4=O)c3)ccc2c1=O. The molecule has 1 saturated heterocycles. The number of anilines is 2. The molecule has 1 aliphatic rings. The second-order valence-corrected chi connectivity index (χ2v) is 7.17. The molecule has 30 heavy (non-hydrogen) atoms. The fourth-order valence-electron chi connectivity index (χ4n) is 3.36. The Morgan fingerprint density at radius 1 is 1.23 bits per heavy atom. The van der Waals surface area contributed by atoms with E-state index < -0.39 is 0 Å². The Kier molecular flexibility index (Phi) is 5.20. The van der Waals surface area contributed by atoms with E-state index in [0.717, 1.165) is 0 Å². The molecular formula is C21H19N5O3S. The minimum Gasteiger partial charge on any atom is -0.336 e. The van der Waals surface area contributed by atoms with Gasteiger partial charge in [-0.2, -0.15) is 0 Å². The van der Waals surface area contributed by atoms with Gasteiger partial charge in [0.15, 0.2) is 4.77 Å². The molecule has 1 aliphatic heterocycles. The number of aromatic amines is 1. The zero-order chi connectivity index (χ0) is 21.3. The molecule has 2 heterocycles. The molecule has 0 radical (unpaired) electrons. The van der Waals surface area contributed by atoms with E-state index >= 15 is 0 Å². The third-order valence-electron chi connectivity index (χ3n) is 4.83. The van der Waals surface area contributed by atoms with Gasteiger partial charge >= 0.3 is 6.03 Å². The largest absolute Gasteiger partial charge is 0.336 e. The minimum atomic E-state index is -0.338. The van der Waals surface area contributed by atoms with E-state index in [4.69, 9.17) is 12.2 Å². The van der Waals surface area contributed by atoms with E-state index in [2.05, 4.69) is 22.2 Å². The molecule has 1 fully saturated rings. The average Bonchev–Trinajstić information content (AvgIpc) is 3.17. The molecule has 0 saturated carbocycles. The number of nitrogens with zero attached hydrogens (tertiary/aromatic N) is 2. The fourth-order valence-corrected chi connectivity index (χ4v) is 3.63. The van der Waals surface area contributed by atoms with Gasteiger partial charge in [-0.1, -0.05) is 12.1 Å². The number of nitrogens with one attached hydrogen (secondary N) is 3. The second kappa shape index (κ2) is 7.96. The van der Waals surface area contributed by atoms with Gasteiger partial charge < -0.3 is 15.6 Å². The number of urea groups is 1. The van der Waals surface area contributed by atoms with Crippen molar-refractivity contribution in [1.29, 1.82) is 0 Å². The van der Waals surface area contributed by atoms with E-state index in [1.807, 2.05) is 6.07 Å². The fraction of sp³-hybridized carbons (Fsp3) is 0.143. The van der Waals surface area contributed by atoms with Crippen LogP contribution in [0.3, 0.4) is 0 Å². The van der Waals surface area contributed by atoms with Gasteiger partial charge in [0.25, 0.3) is 11.5 Å². The molecule has 0 aliphatic carbocycles. The van der Waals surface area contributed by atoms with Crippen molar-refractivity contribution in [3.05, 3.63) is 75.8 Å². The summed E-state index contributed by atoms with van der Waals surface area (Å²) in [6.07, 6.45) is 1.60. The van der Waals surface area contributed by atoms with E-state index in [9.17, 15) is 14.4 Å². The second-order valence-electron chi connectivity index (χ2n) is 6.78. The van der Waals surface area contributed by atoms with Crippen molar-refractivity contribution in [3.8, 4) is 0 Å². The molecule has 0 spiro atoms. The third-order valence-corrected chi connectivity index (χ3v) is 5.15. The smallest absolute Gasteiger partial charge is 0.321 e. The molecule has 9 heteroatoms. The molecule has 2 aromatic carbocycles. The number of rotatable bonds is 5. The Labute approximate surface area is 176 Å². The Balaban J connectivity index is 1.62.